The van der Waals surface area contributed by atoms with Crippen LogP contribution in [0.4, 0.5) is 0 Å². The lowest BCUT2D eigenvalue weighted by atomic mass is 10.1. The monoisotopic (exact) mass is 266 g/mol. The first kappa shape index (κ1) is 15.3. The summed E-state index contributed by atoms with van der Waals surface area (Å²) < 4.78 is 0. The maximum absolute atomic E-state index is 11.1. The largest absolute Gasteiger partial charge is 0.508 e. The van der Waals surface area contributed by atoms with Crippen molar-refractivity contribution in [2.45, 2.75) is 32.7 Å². The Kier molecular flexibility index (Phi) is 5.63. The topological polar surface area (TPSA) is 86.8 Å². The molecule has 0 saturated heterocycles. The Morgan fingerprint density at radius 3 is 2.37 bits per heavy atom. The fourth-order valence-electron chi connectivity index (χ4n) is 2.04. The van der Waals surface area contributed by atoms with Crippen LogP contribution in [0.15, 0.2) is 18.2 Å². The SMILES string of the molecule is CCCCN(CC(N)=O)C(C)c1cc(O)cc(O)c1. The fraction of sp³-hybridized carbons (Fsp3) is 0.500. The minimum atomic E-state index is -0.382. The van der Waals surface area contributed by atoms with E-state index >= 15 is 0 Å². The van der Waals surface area contributed by atoms with Crippen LogP contribution in [0.2, 0.25) is 0 Å². The Labute approximate surface area is 113 Å². The molecule has 0 bridgehead atoms. The normalized spacial score (nSPS) is 12.6. The van der Waals surface area contributed by atoms with Gasteiger partial charge < -0.3 is 15.9 Å². The van der Waals surface area contributed by atoms with E-state index in [1.54, 1.807) is 12.1 Å². The fourth-order valence-corrected chi connectivity index (χ4v) is 2.04. The van der Waals surface area contributed by atoms with E-state index in [0.717, 1.165) is 24.9 Å². The van der Waals surface area contributed by atoms with Gasteiger partial charge in [0.1, 0.15) is 11.5 Å². The number of amides is 1. The number of nitrogens with zero attached hydrogens (tertiary/aromatic N) is 1. The molecule has 0 radical (unpaired) electrons. The van der Waals surface area contributed by atoms with Gasteiger partial charge in [-0.15, -0.1) is 0 Å². The number of unbranched alkanes of at least 4 members (excludes halogenated alkanes) is 1. The van der Waals surface area contributed by atoms with Gasteiger partial charge in [0.05, 0.1) is 6.54 Å². The predicted octanol–water partition coefficient (Wildman–Crippen LogP) is 1.75. The minimum absolute atomic E-state index is 0.0105. The number of rotatable bonds is 7. The summed E-state index contributed by atoms with van der Waals surface area (Å²) >= 11 is 0. The van der Waals surface area contributed by atoms with Crippen molar-refractivity contribution in [3.8, 4) is 11.5 Å². The van der Waals surface area contributed by atoms with Crippen molar-refractivity contribution in [1.29, 1.82) is 0 Å². The van der Waals surface area contributed by atoms with Crippen LogP contribution in [0, 0.1) is 0 Å². The van der Waals surface area contributed by atoms with E-state index in [9.17, 15) is 15.0 Å². The second kappa shape index (κ2) is 6.99. The zero-order valence-electron chi connectivity index (χ0n) is 11.5. The summed E-state index contributed by atoms with van der Waals surface area (Å²) in [6.45, 7) is 4.91. The highest BCUT2D eigenvalue weighted by Gasteiger charge is 2.18. The van der Waals surface area contributed by atoms with Crippen molar-refractivity contribution >= 4 is 5.91 Å². The highest BCUT2D eigenvalue weighted by molar-refractivity contribution is 5.76. The first-order chi connectivity index (χ1) is 8.93. The maximum atomic E-state index is 11.1. The molecule has 5 heteroatoms. The number of carbonyl (C=O) groups excluding carboxylic acids is 1. The molecule has 0 heterocycles. The Balaban J connectivity index is 2.89. The van der Waals surface area contributed by atoms with Crippen LogP contribution < -0.4 is 5.73 Å². The molecule has 1 aromatic rings. The molecule has 1 aromatic carbocycles. The molecule has 19 heavy (non-hydrogen) atoms. The lowest BCUT2D eigenvalue weighted by molar-refractivity contribution is -0.119. The summed E-state index contributed by atoms with van der Waals surface area (Å²) in [6.07, 6.45) is 1.98. The van der Waals surface area contributed by atoms with E-state index in [1.807, 2.05) is 11.8 Å². The van der Waals surface area contributed by atoms with E-state index < -0.39 is 0 Å². The lowest BCUT2D eigenvalue weighted by Crippen LogP contribution is -2.36. The Morgan fingerprint density at radius 1 is 1.32 bits per heavy atom. The lowest BCUT2D eigenvalue weighted by Gasteiger charge is -2.28. The molecular formula is C14H22N2O3. The van der Waals surface area contributed by atoms with Gasteiger partial charge in [-0.3, -0.25) is 9.69 Å². The summed E-state index contributed by atoms with van der Waals surface area (Å²) in [5.74, 6) is -0.361. The third kappa shape index (κ3) is 4.79. The highest BCUT2D eigenvalue weighted by Crippen LogP contribution is 2.28. The molecule has 106 valence electrons. The van der Waals surface area contributed by atoms with E-state index in [-0.39, 0.29) is 30.0 Å². The Morgan fingerprint density at radius 2 is 1.89 bits per heavy atom. The Bertz CT molecular complexity index is 414. The number of hydrogen-bond donors (Lipinski definition) is 3. The van der Waals surface area contributed by atoms with Crippen molar-refractivity contribution in [2.24, 2.45) is 5.73 Å². The van der Waals surface area contributed by atoms with Crippen molar-refractivity contribution in [1.82, 2.24) is 4.90 Å². The number of primary amides is 1. The van der Waals surface area contributed by atoms with Crippen LogP contribution >= 0.6 is 0 Å². The van der Waals surface area contributed by atoms with Crippen LogP contribution in [0.3, 0.4) is 0 Å². The summed E-state index contributed by atoms with van der Waals surface area (Å²) in [7, 11) is 0. The maximum Gasteiger partial charge on any atom is 0.231 e. The average Bonchev–Trinajstić information content (AvgIpc) is 2.32. The molecule has 0 aromatic heterocycles. The number of hydrogen-bond acceptors (Lipinski definition) is 4. The molecule has 1 amide bonds. The highest BCUT2D eigenvalue weighted by atomic mass is 16.3. The number of aromatic hydroxyl groups is 2. The van der Waals surface area contributed by atoms with Crippen LogP contribution in [-0.2, 0) is 4.79 Å². The van der Waals surface area contributed by atoms with Gasteiger partial charge in [-0.05, 0) is 37.6 Å². The first-order valence-electron chi connectivity index (χ1n) is 6.49. The van der Waals surface area contributed by atoms with Gasteiger partial charge in [0.15, 0.2) is 0 Å². The van der Waals surface area contributed by atoms with Crippen molar-refractivity contribution in [2.75, 3.05) is 13.1 Å². The minimum Gasteiger partial charge on any atom is -0.508 e. The molecular weight excluding hydrogens is 244 g/mol. The quantitative estimate of drug-likeness (QED) is 0.701. The second-order valence-electron chi connectivity index (χ2n) is 4.75. The molecule has 0 aliphatic heterocycles. The van der Waals surface area contributed by atoms with Gasteiger partial charge in [0.2, 0.25) is 5.91 Å². The van der Waals surface area contributed by atoms with Gasteiger partial charge in [0, 0.05) is 12.1 Å². The molecule has 4 N–H and O–H groups in total. The molecule has 0 aliphatic rings. The number of benzene rings is 1. The predicted molar refractivity (Wildman–Crippen MR) is 73.9 cm³/mol. The zero-order chi connectivity index (χ0) is 14.4. The van der Waals surface area contributed by atoms with Gasteiger partial charge in [-0.25, -0.2) is 0 Å². The number of nitrogens with two attached hydrogens (primary N) is 1. The first-order valence-corrected chi connectivity index (χ1v) is 6.49. The second-order valence-corrected chi connectivity index (χ2v) is 4.75. The van der Waals surface area contributed by atoms with Crippen LogP contribution in [0.1, 0.15) is 38.3 Å². The van der Waals surface area contributed by atoms with E-state index in [4.69, 9.17) is 5.73 Å². The van der Waals surface area contributed by atoms with Crippen molar-refractivity contribution < 1.29 is 15.0 Å². The third-order valence-electron chi connectivity index (χ3n) is 3.11. The van der Waals surface area contributed by atoms with E-state index in [1.165, 1.54) is 6.07 Å². The number of carbonyl (C=O) groups is 1. The summed E-state index contributed by atoms with van der Waals surface area (Å²) in [6, 6.07) is 4.35. The zero-order valence-corrected chi connectivity index (χ0v) is 11.5. The van der Waals surface area contributed by atoms with Crippen molar-refractivity contribution in [3.63, 3.8) is 0 Å². The van der Waals surface area contributed by atoms with Gasteiger partial charge in [0.25, 0.3) is 0 Å². The third-order valence-corrected chi connectivity index (χ3v) is 3.11. The summed E-state index contributed by atoms with van der Waals surface area (Å²) in [4.78, 5) is 13.1. The number of phenolic OH excluding ortho intramolecular Hbond substituents is 2. The smallest absolute Gasteiger partial charge is 0.231 e. The molecule has 1 atom stereocenters. The number of phenols is 2. The van der Waals surface area contributed by atoms with Crippen LogP contribution in [-0.4, -0.2) is 34.1 Å². The Hall–Kier alpha value is -1.75. The van der Waals surface area contributed by atoms with Crippen LogP contribution in [0.25, 0.3) is 0 Å². The average molecular weight is 266 g/mol. The standard InChI is InChI=1S/C14H22N2O3/c1-3-4-5-16(9-14(15)19)10(2)11-6-12(17)8-13(18)7-11/h6-8,10,17-18H,3-5,9H2,1-2H3,(H2,15,19). The summed E-state index contributed by atoms with van der Waals surface area (Å²) in [5.41, 5.74) is 6.02. The van der Waals surface area contributed by atoms with Gasteiger partial charge in [-0.1, -0.05) is 13.3 Å². The van der Waals surface area contributed by atoms with Crippen LogP contribution in [0.5, 0.6) is 11.5 Å². The van der Waals surface area contributed by atoms with Gasteiger partial charge in [-0.2, -0.15) is 0 Å². The molecule has 0 fully saturated rings. The summed E-state index contributed by atoms with van der Waals surface area (Å²) in [5, 5.41) is 19.0. The molecule has 0 spiro atoms. The van der Waals surface area contributed by atoms with E-state index in [2.05, 4.69) is 6.92 Å². The van der Waals surface area contributed by atoms with Crippen molar-refractivity contribution in [3.05, 3.63) is 23.8 Å². The van der Waals surface area contributed by atoms with Gasteiger partial charge >= 0.3 is 0 Å². The molecule has 1 unspecified atom stereocenters. The molecule has 5 nitrogen and oxygen atoms in total. The molecule has 1 rings (SSSR count). The molecule has 0 saturated carbocycles. The van der Waals surface area contributed by atoms with E-state index in [0.29, 0.717) is 0 Å². The molecule has 0 aliphatic carbocycles.